The van der Waals surface area contributed by atoms with Crippen LogP contribution in [0.25, 0.3) is 10.9 Å². The molecular formula is C22H15Cl2N3O3. The molecule has 30 heavy (non-hydrogen) atoms. The van der Waals surface area contributed by atoms with Crippen molar-refractivity contribution in [1.82, 2.24) is 9.55 Å². The van der Waals surface area contributed by atoms with Crippen molar-refractivity contribution in [3.05, 3.63) is 93.5 Å². The minimum atomic E-state index is -0.424. The second-order valence-electron chi connectivity index (χ2n) is 6.44. The molecule has 150 valence electrons. The van der Waals surface area contributed by atoms with Gasteiger partial charge in [-0.25, -0.2) is 4.98 Å². The van der Waals surface area contributed by atoms with Crippen molar-refractivity contribution >= 4 is 45.7 Å². The predicted octanol–water partition coefficient (Wildman–Crippen LogP) is 5.13. The number of halogens is 2. The van der Waals surface area contributed by atoms with E-state index < -0.39 is 5.91 Å². The maximum atomic E-state index is 12.6. The molecule has 0 spiro atoms. The van der Waals surface area contributed by atoms with Gasteiger partial charge in [0.15, 0.2) is 5.75 Å². The van der Waals surface area contributed by atoms with Gasteiger partial charge in [0, 0.05) is 10.0 Å². The topological polar surface area (TPSA) is 73.2 Å². The standard InChI is InChI=1S/C22H15Cl2N3O3/c23-14-6-8-17-18(10-14)25-13-27(22(17)29)12-21(28)26-19-11-15(24)7-9-20(19)30-16-4-2-1-3-5-16/h1-11,13H,12H2,(H,26,28). The molecule has 0 aliphatic carbocycles. The second kappa shape index (κ2) is 8.57. The molecule has 0 saturated heterocycles. The van der Waals surface area contributed by atoms with Gasteiger partial charge in [0.2, 0.25) is 5.91 Å². The molecule has 0 fully saturated rings. The van der Waals surface area contributed by atoms with E-state index in [-0.39, 0.29) is 12.1 Å². The fraction of sp³-hybridized carbons (Fsp3) is 0.0455. The molecule has 0 aliphatic heterocycles. The third-order valence-electron chi connectivity index (χ3n) is 4.29. The highest BCUT2D eigenvalue weighted by Crippen LogP contribution is 2.32. The zero-order valence-corrected chi connectivity index (χ0v) is 17.0. The number of rotatable bonds is 5. The molecular weight excluding hydrogens is 425 g/mol. The lowest BCUT2D eigenvalue weighted by molar-refractivity contribution is -0.116. The van der Waals surface area contributed by atoms with Gasteiger partial charge in [-0.1, -0.05) is 41.4 Å². The van der Waals surface area contributed by atoms with Crippen molar-refractivity contribution < 1.29 is 9.53 Å². The molecule has 1 heterocycles. The zero-order valence-electron chi connectivity index (χ0n) is 15.5. The Morgan fingerprint density at radius 3 is 2.53 bits per heavy atom. The minimum absolute atomic E-state index is 0.221. The third kappa shape index (κ3) is 4.45. The number of nitrogens with zero attached hydrogens (tertiary/aromatic N) is 2. The molecule has 0 saturated carbocycles. The number of hydrogen-bond acceptors (Lipinski definition) is 4. The number of carbonyl (C=O) groups is 1. The van der Waals surface area contributed by atoms with Gasteiger partial charge >= 0.3 is 0 Å². The number of nitrogens with one attached hydrogen (secondary N) is 1. The molecule has 1 amide bonds. The van der Waals surface area contributed by atoms with E-state index in [2.05, 4.69) is 10.3 Å². The van der Waals surface area contributed by atoms with E-state index in [0.29, 0.717) is 38.1 Å². The van der Waals surface area contributed by atoms with Crippen LogP contribution in [-0.2, 0) is 11.3 Å². The molecule has 0 radical (unpaired) electrons. The molecule has 0 aliphatic rings. The number of ether oxygens (including phenoxy) is 1. The highest BCUT2D eigenvalue weighted by Gasteiger charge is 2.13. The largest absolute Gasteiger partial charge is 0.455 e. The molecule has 4 aromatic rings. The Morgan fingerprint density at radius 2 is 1.73 bits per heavy atom. The first-order valence-electron chi connectivity index (χ1n) is 8.96. The fourth-order valence-electron chi connectivity index (χ4n) is 2.89. The van der Waals surface area contributed by atoms with E-state index in [0.717, 1.165) is 0 Å². The average molecular weight is 440 g/mol. The van der Waals surface area contributed by atoms with Crippen LogP contribution in [-0.4, -0.2) is 15.5 Å². The van der Waals surface area contributed by atoms with Crippen LogP contribution in [0.5, 0.6) is 11.5 Å². The monoisotopic (exact) mass is 439 g/mol. The third-order valence-corrected chi connectivity index (χ3v) is 4.76. The van der Waals surface area contributed by atoms with Crippen LogP contribution in [0.1, 0.15) is 0 Å². The lowest BCUT2D eigenvalue weighted by Gasteiger charge is -2.13. The first-order valence-corrected chi connectivity index (χ1v) is 9.72. The van der Waals surface area contributed by atoms with Crippen LogP contribution < -0.4 is 15.6 Å². The number of benzene rings is 3. The molecule has 8 heteroatoms. The number of para-hydroxylation sites is 1. The Hall–Kier alpha value is -3.35. The van der Waals surface area contributed by atoms with E-state index in [1.165, 1.54) is 10.9 Å². The van der Waals surface area contributed by atoms with Gasteiger partial charge in [0.05, 0.1) is 22.9 Å². The van der Waals surface area contributed by atoms with E-state index in [1.54, 1.807) is 48.5 Å². The Kier molecular flexibility index (Phi) is 5.70. The van der Waals surface area contributed by atoms with Crippen LogP contribution in [0, 0.1) is 0 Å². The number of amides is 1. The van der Waals surface area contributed by atoms with Gasteiger partial charge in [-0.15, -0.1) is 0 Å². The number of hydrogen-bond donors (Lipinski definition) is 1. The van der Waals surface area contributed by atoms with Gasteiger partial charge in [0.1, 0.15) is 12.3 Å². The summed E-state index contributed by atoms with van der Waals surface area (Å²) in [4.78, 5) is 29.5. The Balaban J connectivity index is 1.56. The van der Waals surface area contributed by atoms with Crippen molar-refractivity contribution in [2.75, 3.05) is 5.32 Å². The summed E-state index contributed by atoms with van der Waals surface area (Å²) in [7, 11) is 0. The first kappa shape index (κ1) is 19.9. The van der Waals surface area contributed by atoms with Crippen LogP contribution in [0.3, 0.4) is 0 Å². The zero-order chi connectivity index (χ0) is 21.1. The van der Waals surface area contributed by atoms with Gasteiger partial charge in [-0.2, -0.15) is 0 Å². The Morgan fingerprint density at radius 1 is 1.00 bits per heavy atom. The number of anilines is 1. The molecule has 6 nitrogen and oxygen atoms in total. The van der Waals surface area contributed by atoms with E-state index in [1.807, 2.05) is 18.2 Å². The van der Waals surface area contributed by atoms with Gasteiger partial charge < -0.3 is 10.1 Å². The molecule has 0 atom stereocenters. The first-order chi connectivity index (χ1) is 14.5. The lowest BCUT2D eigenvalue weighted by Crippen LogP contribution is -2.28. The van der Waals surface area contributed by atoms with E-state index in [9.17, 15) is 9.59 Å². The summed E-state index contributed by atoms with van der Waals surface area (Å²) < 4.78 is 7.07. The number of aromatic nitrogens is 2. The minimum Gasteiger partial charge on any atom is -0.455 e. The summed E-state index contributed by atoms with van der Waals surface area (Å²) in [5.41, 5.74) is 0.529. The predicted molar refractivity (Wildman–Crippen MR) is 118 cm³/mol. The van der Waals surface area contributed by atoms with E-state index >= 15 is 0 Å². The molecule has 1 N–H and O–H groups in total. The Bertz CT molecular complexity index is 1290. The van der Waals surface area contributed by atoms with Crippen LogP contribution in [0.4, 0.5) is 5.69 Å². The summed E-state index contributed by atoms with van der Waals surface area (Å²) in [6, 6.07) is 18.9. The Labute approximate surface area is 181 Å². The highest BCUT2D eigenvalue weighted by molar-refractivity contribution is 6.31. The van der Waals surface area contributed by atoms with Crippen LogP contribution in [0.2, 0.25) is 10.0 Å². The maximum Gasteiger partial charge on any atom is 0.261 e. The highest BCUT2D eigenvalue weighted by atomic mass is 35.5. The SMILES string of the molecule is O=C(Cn1cnc2cc(Cl)ccc2c1=O)Nc1cc(Cl)ccc1Oc1ccccc1. The van der Waals surface area contributed by atoms with Gasteiger partial charge in [0.25, 0.3) is 5.56 Å². The summed E-state index contributed by atoms with van der Waals surface area (Å²) in [6.45, 7) is -0.221. The summed E-state index contributed by atoms with van der Waals surface area (Å²) in [5.74, 6) is 0.619. The van der Waals surface area contributed by atoms with Crippen LogP contribution >= 0.6 is 23.2 Å². The van der Waals surface area contributed by atoms with Crippen molar-refractivity contribution in [2.45, 2.75) is 6.54 Å². The average Bonchev–Trinajstić information content (AvgIpc) is 2.73. The summed E-state index contributed by atoms with van der Waals surface area (Å²) in [5, 5.41) is 4.05. The van der Waals surface area contributed by atoms with Crippen molar-refractivity contribution in [3.8, 4) is 11.5 Å². The molecule has 0 unspecified atom stereocenters. The summed E-state index contributed by atoms with van der Waals surface area (Å²) in [6.07, 6.45) is 1.32. The number of fused-ring (bicyclic) bond motifs is 1. The van der Waals surface area contributed by atoms with Crippen molar-refractivity contribution in [2.24, 2.45) is 0 Å². The normalized spacial score (nSPS) is 10.7. The molecule has 3 aromatic carbocycles. The maximum absolute atomic E-state index is 12.6. The second-order valence-corrected chi connectivity index (χ2v) is 7.32. The molecule has 4 rings (SSSR count). The molecule has 1 aromatic heterocycles. The smallest absolute Gasteiger partial charge is 0.261 e. The quantitative estimate of drug-likeness (QED) is 0.467. The van der Waals surface area contributed by atoms with Crippen molar-refractivity contribution in [1.29, 1.82) is 0 Å². The lowest BCUT2D eigenvalue weighted by atomic mass is 10.2. The van der Waals surface area contributed by atoms with E-state index in [4.69, 9.17) is 27.9 Å². The van der Waals surface area contributed by atoms with Gasteiger partial charge in [-0.05, 0) is 48.5 Å². The van der Waals surface area contributed by atoms with Gasteiger partial charge in [-0.3, -0.25) is 14.2 Å². The fourth-order valence-corrected chi connectivity index (χ4v) is 3.23. The molecule has 0 bridgehead atoms. The van der Waals surface area contributed by atoms with Crippen LogP contribution in [0.15, 0.2) is 77.9 Å². The van der Waals surface area contributed by atoms with Crippen molar-refractivity contribution in [3.63, 3.8) is 0 Å². The summed E-state index contributed by atoms with van der Waals surface area (Å²) >= 11 is 12.0. The number of carbonyl (C=O) groups excluding carboxylic acids is 1.